The number of aryl methyl sites for hydroxylation is 2. The van der Waals surface area contributed by atoms with Gasteiger partial charge < -0.3 is 14.7 Å². The first-order valence-corrected chi connectivity index (χ1v) is 9.63. The van der Waals surface area contributed by atoms with Gasteiger partial charge in [-0.3, -0.25) is 14.3 Å². The van der Waals surface area contributed by atoms with Crippen LogP contribution >= 0.6 is 0 Å². The second-order valence-electron chi connectivity index (χ2n) is 7.31. The van der Waals surface area contributed by atoms with Gasteiger partial charge in [0, 0.05) is 52.7 Å². The van der Waals surface area contributed by atoms with Crippen molar-refractivity contribution in [1.29, 1.82) is 0 Å². The van der Waals surface area contributed by atoms with Crippen LogP contribution in [-0.2, 0) is 18.3 Å². The first kappa shape index (κ1) is 19.9. The molecule has 1 aliphatic heterocycles. The van der Waals surface area contributed by atoms with Crippen molar-refractivity contribution in [3.05, 3.63) is 41.9 Å². The lowest BCUT2D eigenvalue weighted by atomic mass is 10.2. The molecule has 8 heteroatoms. The van der Waals surface area contributed by atoms with Gasteiger partial charge in [0.05, 0.1) is 11.8 Å². The van der Waals surface area contributed by atoms with Gasteiger partial charge >= 0.3 is 0 Å². The molecule has 8 nitrogen and oxygen atoms in total. The molecule has 2 amide bonds. The molecule has 0 saturated heterocycles. The molecule has 2 aromatic rings. The molecule has 0 fully saturated rings. The molecule has 2 bridgehead atoms. The number of hydrogen-bond acceptors (Lipinski definition) is 5. The second-order valence-corrected chi connectivity index (χ2v) is 7.31. The molecule has 28 heavy (non-hydrogen) atoms. The molecule has 2 aromatic heterocycles. The topological polar surface area (TPSA) is 74.6 Å². The minimum absolute atomic E-state index is 0.0476. The van der Waals surface area contributed by atoms with Crippen LogP contribution in [0.25, 0.3) is 0 Å². The third kappa shape index (κ3) is 4.88. The summed E-state index contributed by atoms with van der Waals surface area (Å²) in [5, 5.41) is 4.08. The van der Waals surface area contributed by atoms with Crippen LogP contribution in [0.2, 0.25) is 0 Å². The fourth-order valence-corrected chi connectivity index (χ4v) is 3.30. The average Bonchev–Trinajstić information content (AvgIpc) is 3.12. The summed E-state index contributed by atoms with van der Waals surface area (Å²) in [6.45, 7) is 2.02. The van der Waals surface area contributed by atoms with Crippen LogP contribution in [0.15, 0.2) is 30.6 Å². The Labute approximate surface area is 165 Å². The van der Waals surface area contributed by atoms with Crippen LogP contribution in [0.3, 0.4) is 0 Å². The van der Waals surface area contributed by atoms with Gasteiger partial charge in [0.1, 0.15) is 12.4 Å². The van der Waals surface area contributed by atoms with E-state index in [0.717, 1.165) is 37.3 Å². The zero-order valence-electron chi connectivity index (χ0n) is 16.8. The predicted molar refractivity (Wildman–Crippen MR) is 107 cm³/mol. The highest BCUT2D eigenvalue weighted by Crippen LogP contribution is 2.13. The van der Waals surface area contributed by atoms with Crippen molar-refractivity contribution >= 4 is 17.6 Å². The zero-order valence-corrected chi connectivity index (χ0v) is 16.8. The van der Waals surface area contributed by atoms with E-state index in [0.29, 0.717) is 18.7 Å². The highest BCUT2D eigenvalue weighted by Gasteiger charge is 2.22. The van der Waals surface area contributed by atoms with Gasteiger partial charge in [0.25, 0.3) is 5.91 Å². The maximum absolute atomic E-state index is 12.9. The third-order valence-electron chi connectivity index (χ3n) is 5.02. The number of hydrogen-bond donors (Lipinski definition) is 0. The minimum Gasteiger partial charge on any atom is -0.360 e. The highest BCUT2D eigenvalue weighted by atomic mass is 16.2. The maximum Gasteiger partial charge on any atom is 0.257 e. The van der Waals surface area contributed by atoms with E-state index in [4.69, 9.17) is 4.98 Å². The number of anilines is 1. The van der Waals surface area contributed by atoms with E-state index in [9.17, 15) is 9.59 Å². The van der Waals surface area contributed by atoms with Gasteiger partial charge in [-0.1, -0.05) is 6.07 Å². The molecular weight excluding hydrogens is 356 g/mol. The van der Waals surface area contributed by atoms with Crippen molar-refractivity contribution in [2.75, 3.05) is 45.2 Å². The van der Waals surface area contributed by atoms with E-state index in [2.05, 4.69) is 10.00 Å². The molecule has 3 rings (SSSR count). The molecule has 0 atom stereocenters. The van der Waals surface area contributed by atoms with Crippen LogP contribution in [0.5, 0.6) is 0 Å². The van der Waals surface area contributed by atoms with E-state index < -0.39 is 0 Å². The Morgan fingerprint density at radius 1 is 1.04 bits per heavy atom. The standard InChI is InChI=1S/C20H28N6O2/c1-23-10-6-11-24(2)19(27)15-26(20(28)16-13-21-25(3)14-16)12-5-8-17-7-4-9-18(23)22-17/h4,7,9,13-14H,5-6,8,10-12,15H2,1-3H3. The van der Waals surface area contributed by atoms with E-state index in [1.54, 1.807) is 41.0 Å². The summed E-state index contributed by atoms with van der Waals surface area (Å²) in [6.07, 6.45) is 5.55. The molecule has 0 unspecified atom stereocenters. The number of nitrogens with zero attached hydrogens (tertiary/aromatic N) is 6. The van der Waals surface area contributed by atoms with Gasteiger partial charge in [-0.15, -0.1) is 0 Å². The lowest BCUT2D eigenvalue weighted by Gasteiger charge is -2.26. The fraction of sp³-hybridized carbons (Fsp3) is 0.500. The van der Waals surface area contributed by atoms with Crippen LogP contribution in [-0.4, -0.2) is 76.7 Å². The largest absolute Gasteiger partial charge is 0.360 e. The third-order valence-corrected chi connectivity index (χ3v) is 5.02. The fourth-order valence-electron chi connectivity index (χ4n) is 3.30. The first-order chi connectivity index (χ1) is 13.4. The maximum atomic E-state index is 12.9. The number of rotatable bonds is 1. The van der Waals surface area contributed by atoms with Crippen LogP contribution in [0, 0.1) is 0 Å². The van der Waals surface area contributed by atoms with Gasteiger partial charge in [0.15, 0.2) is 0 Å². The van der Waals surface area contributed by atoms with Gasteiger partial charge in [0.2, 0.25) is 5.91 Å². The van der Waals surface area contributed by atoms with E-state index in [1.807, 2.05) is 25.2 Å². The number of aromatic nitrogens is 3. The Morgan fingerprint density at radius 2 is 1.82 bits per heavy atom. The molecule has 0 spiro atoms. The van der Waals surface area contributed by atoms with Crippen molar-refractivity contribution in [2.24, 2.45) is 7.05 Å². The van der Waals surface area contributed by atoms with Crippen molar-refractivity contribution in [3.8, 4) is 0 Å². The number of amides is 2. The summed E-state index contributed by atoms with van der Waals surface area (Å²) >= 11 is 0. The molecule has 0 aromatic carbocycles. The number of carbonyl (C=O) groups excluding carboxylic acids is 2. The lowest BCUT2D eigenvalue weighted by Crippen LogP contribution is -2.42. The summed E-state index contributed by atoms with van der Waals surface area (Å²) in [7, 11) is 5.59. The summed E-state index contributed by atoms with van der Waals surface area (Å²) in [5.41, 5.74) is 1.50. The normalized spacial score (nSPS) is 16.8. The number of fused-ring (bicyclic) bond motifs is 2. The monoisotopic (exact) mass is 384 g/mol. The van der Waals surface area contributed by atoms with Crippen molar-refractivity contribution in [3.63, 3.8) is 0 Å². The molecule has 3 heterocycles. The first-order valence-electron chi connectivity index (χ1n) is 9.63. The Bertz CT molecular complexity index is 834. The number of likely N-dealkylation sites (N-methyl/N-ethyl adjacent to an activating group) is 1. The van der Waals surface area contributed by atoms with Crippen molar-refractivity contribution < 1.29 is 9.59 Å². The molecule has 1 aliphatic rings. The van der Waals surface area contributed by atoms with Crippen LogP contribution < -0.4 is 4.90 Å². The zero-order chi connectivity index (χ0) is 20.1. The van der Waals surface area contributed by atoms with Crippen molar-refractivity contribution in [2.45, 2.75) is 19.3 Å². The van der Waals surface area contributed by atoms with E-state index >= 15 is 0 Å². The number of carbonyl (C=O) groups is 2. The minimum atomic E-state index is -0.164. The number of pyridine rings is 1. The molecule has 0 saturated carbocycles. The average molecular weight is 384 g/mol. The lowest BCUT2D eigenvalue weighted by molar-refractivity contribution is -0.130. The van der Waals surface area contributed by atoms with E-state index in [1.165, 1.54) is 0 Å². The summed E-state index contributed by atoms with van der Waals surface area (Å²) in [4.78, 5) is 35.7. The molecule has 0 radical (unpaired) electrons. The quantitative estimate of drug-likeness (QED) is 0.738. The van der Waals surface area contributed by atoms with Crippen molar-refractivity contribution in [1.82, 2.24) is 24.6 Å². The smallest absolute Gasteiger partial charge is 0.257 e. The molecule has 150 valence electrons. The molecule has 0 aliphatic carbocycles. The summed E-state index contributed by atoms with van der Waals surface area (Å²) < 4.78 is 1.59. The Balaban J connectivity index is 1.80. The van der Waals surface area contributed by atoms with Crippen LogP contribution in [0.1, 0.15) is 28.9 Å². The van der Waals surface area contributed by atoms with Gasteiger partial charge in [-0.25, -0.2) is 4.98 Å². The molecular formula is C20H28N6O2. The highest BCUT2D eigenvalue weighted by molar-refractivity contribution is 5.96. The van der Waals surface area contributed by atoms with E-state index in [-0.39, 0.29) is 18.4 Å². The summed E-state index contributed by atoms with van der Waals surface area (Å²) in [6, 6.07) is 6.03. The van der Waals surface area contributed by atoms with Gasteiger partial charge in [-0.2, -0.15) is 5.10 Å². The molecule has 0 N–H and O–H groups in total. The predicted octanol–water partition coefficient (Wildman–Crippen LogP) is 1.19. The Hall–Kier alpha value is -2.90. The second kappa shape index (κ2) is 8.86. The van der Waals surface area contributed by atoms with Gasteiger partial charge in [-0.05, 0) is 31.4 Å². The summed E-state index contributed by atoms with van der Waals surface area (Å²) in [5.74, 6) is 0.726. The SMILES string of the molecule is CN1CCCN(C)c2cccc(n2)CCCN(C(=O)c2cnn(C)c2)CC1=O. The van der Waals surface area contributed by atoms with Crippen LogP contribution in [0.4, 0.5) is 5.82 Å². The Kier molecular flexibility index (Phi) is 6.28. The Morgan fingerprint density at radius 3 is 2.57 bits per heavy atom.